The van der Waals surface area contributed by atoms with Gasteiger partial charge in [0.25, 0.3) is 0 Å². The zero-order chi connectivity index (χ0) is 18.5. The number of benzene rings is 1. The van der Waals surface area contributed by atoms with E-state index >= 15 is 0 Å². The minimum absolute atomic E-state index is 0.229. The summed E-state index contributed by atoms with van der Waals surface area (Å²) >= 11 is 0. The molecule has 8 heteroatoms. The molecule has 0 saturated carbocycles. The van der Waals surface area contributed by atoms with Crippen molar-refractivity contribution in [3.8, 4) is 0 Å². The fourth-order valence-corrected chi connectivity index (χ4v) is 3.79. The van der Waals surface area contributed by atoms with Crippen molar-refractivity contribution in [3.63, 3.8) is 0 Å². The molecule has 1 N–H and O–H groups in total. The standard InChI is InChI=1S/C19H15F2N5O/c20-11-3-5-14(21)13(10-11)15-2-1-8-25(15)16-7-9-26-19(22-16)12-4-6-17(27)23-18(12)24-26/h3-7,9-10,15H,1-2,8H2,(H,23,24,27)/t15-/m1/s1. The van der Waals surface area contributed by atoms with Crippen LogP contribution in [0.4, 0.5) is 14.6 Å². The molecule has 6 nitrogen and oxygen atoms in total. The van der Waals surface area contributed by atoms with Gasteiger partial charge in [-0.1, -0.05) is 0 Å². The SMILES string of the molecule is O=c1ccc2c(nn3ccc(N4CCC[C@@H]4c4cc(F)ccc4F)nc23)[nH]1. The third-order valence-corrected chi connectivity index (χ3v) is 5.01. The van der Waals surface area contributed by atoms with E-state index in [9.17, 15) is 13.6 Å². The maximum absolute atomic E-state index is 14.3. The van der Waals surface area contributed by atoms with E-state index < -0.39 is 11.6 Å². The molecule has 3 aromatic heterocycles. The molecule has 0 unspecified atom stereocenters. The van der Waals surface area contributed by atoms with Crippen molar-refractivity contribution in [1.82, 2.24) is 19.6 Å². The molecule has 0 bridgehead atoms. The zero-order valence-electron chi connectivity index (χ0n) is 14.2. The number of H-pyrrole nitrogens is 1. The minimum atomic E-state index is -0.451. The number of aromatic amines is 1. The maximum Gasteiger partial charge on any atom is 0.249 e. The number of halogens is 2. The Morgan fingerprint density at radius 3 is 2.93 bits per heavy atom. The average molecular weight is 367 g/mol. The van der Waals surface area contributed by atoms with E-state index in [0.717, 1.165) is 24.3 Å². The van der Waals surface area contributed by atoms with Gasteiger partial charge in [-0.25, -0.2) is 18.3 Å². The lowest BCUT2D eigenvalue weighted by molar-refractivity contribution is 0.560. The average Bonchev–Trinajstić information content (AvgIpc) is 3.27. The van der Waals surface area contributed by atoms with Crippen LogP contribution in [0.15, 0.2) is 47.4 Å². The number of anilines is 1. The smallest absolute Gasteiger partial charge is 0.249 e. The number of pyridine rings is 1. The summed E-state index contributed by atoms with van der Waals surface area (Å²) in [6, 6.07) is 8.19. The first-order valence-corrected chi connectivity index (χ1v) is 8.70. The van der Waals surface area contributed by atoms with Crippen LogP contribution in [-0.4, -0.2) is 26.1 Å². The second-order valence-electron chi connectivity index (χ2n) is 6.66. The summed E-state index contributed by atoms with van der Waals surface area (Å²) in [5.41, 5.74) is 1.18. The van der Waals surface area contributed by atoms with Gasteiger partial charge in [-0.15, -0.1) is 5.10 Å². The minimum Gasteiger partial charge on any atom is -0.349 e. The van der Waals surface area contributed by atoms with Gasteiger partial charge in [0.05, 0.1) is 11.4 Å². The quantitative estimate of drug-likeness (QED) is 0.591. The molecule has 0 aliphatic carbocycles. The predicted octanol–water partition coefficient (Wildman–Crippen LogP) is 3.19. The van der Waals surface area contributed by atoms with Gasteiger partial charge in [0, 0.05) is 24.4 Å². The highest BCUT2D eigenvalue weighted by Gasteiger charge is 2.30. The Balaban J connectivity index is 1.62. The summed E-state index contributed by atoms with van der Waals surface area (Å²) in [4.78, 5) is 20.9. The molecule has 0 spiro atoms. The van der Waals surface area contributed by atoms with Crippen molar-refractivity contribution < 1.29 is 8.78 Å². The number of nitrogens with one attached hydrogen (secondary N) is 1. The van der Waals surface area contributed by atoms with Crippen LogP contribution < -0.4 is 10.5 Å². The van der Waals surface area contributed by atoms with Crippen molar-refractivity contribution in [1.29, 1.82) is 0 Å². The van der Waals surface area contributed by atoms with E-state index in [1.54, 1.807) is 22.8 Å². The van der Waals surface area contributed by atoms with E-state index in [0.29, 0.717) is 29.2 Å². The van der Waals surface area contributed by atoms with Crippen molar-refractivity contribution in [3.05, 3.63) is 70.1 Å². The Morgan fingerprint density at radius 2 is 2.04 bits per heavy atom. The largest absolute Gasteiger partial charge is 0.349 e. The molecule has 1 aliphatic rings. The van der Waals surface area contributed by atoms with E-state index in [4.69, 9.17) is 4.98 Å². The molecular formula is C19H15F2N5O. The summed E-state index contributed by atoms with van der Waals surface area (Å²) < 4.78 is 29.6. The first-order valence-electron chi connectivity index (χ1n) is 8.70. The lowest BCUT2D eigenvalue weighted by Crippen LogP contribution is -2.24. The first-order chi connectivity index (χ1) is 13.1. The molecule has 4 heterocycles. The topological polar surface area (TPSA) is 66.3 Å². The van der Waals surface area contributed by atoms with Gasteiger partial charge >= 0.3 is 0 Å². The lowest BCUT2D eigenvalue weighted by Gasteiger charge is -2.26. The van der Waals surface area contributed by atoms with Gasteiger partial charge in [0.15, 0.2) is 11.3 Å². The normalized spacial score (nSPS) is 17.3. The monoisotopic (exact) mass is 367 g/mol. The highest BCUT2D eigenvalue weighted by Crippen LogP contribution is 2.37. The van der Waals surface area contributed by atoms with Crippen molar-refractivity contribution >= 4 is 22.5 Å². The van der Waals surface area contributed by atoms with E-state index in [1.807, 2.05) is 4.90 Å². The summed E-state index contributed by atoms with van der Waals surface area (Å²) in [6.07, 6.45) is 3.34. The molecule has 0 radical (unpaired) electrons. The number of rotatable bonds is 2. The van der Waals surface area contributed by atoms with Crippen LogP contribution in [0.1, 0.15) is 24.4 Å². The predicted molar refractivity (Wildman–Crippen MR) is 96.8 cm³/mol. The Kier molecular flexibility index (Phi) is 3.46. The third kappa shape index (κ3) is 2.56. The number of nitrogens with zero attached hydrogens (tertiary/aromatic N) is 4. The molecule has 5 rings (SSSR count). The molecule has 1 aromatic carbocycles. The van der Waals surface area contributed by atoms with Gasteiger partial charge < -0.3 is 9.88 Å². The van der Waals surface area contributed by atoms with Gasteiger partial charge in [-0.05, 0) is 43.2 Å². The number of hydrogen-bond acceptors (Lipinski definition) is 4. The highest BCUT2D eigenvalue weighted by atomic mass is 19.1. The fraction of sp³-hybridized carbons (Fsp3) is 0.211. The van der Waals surface area contributed by atoms with Gasteiger partial charge in [-0.2, -0.15) is 0 Å². The van der Waals surface area contributed by atoms with Crippen LogP contribution in [0.5, 0.6) is 0 Å². The molecule has 0 amide bonds. The molecule has 1 atom stereocenters. The third-order valence-electron chi connectivity index (χ3n) is 5.01. The summed E-state index contributed by atoms with van der Waals surface area (Å²) in [7, 11) is 0. The molecule has 27 heavy (non-hydrogen) atoms. The van der Waals surface area contributed by atoms with E-state index in [-0.39, 0.29) is 11.6 Å². The van der Waals surface area contributed by atoms with Crippen molar-refractivity contribution in [2.24, 2.45) is 0 Å². The number of hydrogen-bond donors (Lipinski definition) is 1. The molecule has 136 valence electrons. The molecule has 1 aliphatic heterocycles. The van der Waals surface area contributed by atoms with Crippen molar-refractivity contribution in [2.45, 2.75) is 18.9 Å². The van der Waals surface area contributed by atoms with Crippen LogP contribution in [0.2, 0.25) is 0 Å². The van der Waals surface area contributed by atoms with Gasteiger partial charge in [0.1, 0.15) is 17.5 Å². The number of fused-ring (bicyclic) bond motifs is 3. The van der Waals surface area contributed by atoms with Crippen LogP contribution in [0.3, 0.4) is 0 Å². The van der Waals surface area contributed by atoms with Crippen LogP contribution >= 0.6 is 0 Å². The van der Waals surface area contributed by atoms with E-state index in [1.165, 1.54) is 18.2 Å². The van der Waals surface area contributed by atoms with E-state index in [2.05, 4.69) is 10.1 Å². The Bertz CT molecular complexity index is 1230. The fourth-order valence-electron chi connectivity index (χ4n) is 3.79. The molecule has 4 aromatic rings. The summed E-state index contributed by atoms with van der Waals surface area (Å²) in [5, 5.41) is 5.04. The maximum atomic E-state index is 14.3. The van der Waals surface area contributed by atoms with Crippen LogP contribution in [-0.2, 0) is 0 Å². The zero-order valence-corrected chi connectivity index (χ0v) is 14.2. The Hall–Kier alpha value is -3.29. The second-order valence-corrected chi connectivity index (χ2v) is 6.66. The van der Waals surface area contributed by atoms with Gasteiger partial charge in [-0.3, -0.25) is 4.79 Å². The Morgan fingerprint density at radius 1 is 1.15 bits per heavy atom. The molecule has 1 fully saturated rings. The van der Waals surface area contributed by atoms with Gasteiger partial charge in [0.2, 0.25) is 5.56 Å². The first kappa shape index (κ1) is 15.9. The Labute approximate surface area is 152 Å². The molecule has 1 saturated heterocycles. The highest BCUT2D eigenvalue weighted by molar-refractivity contribution is 5.89. The second kappa shape index (κ2) is 5.87. The molecular weight excluding hydrogens is 352 g/mol. The van der Waals surface area contributed by atoms with Crippen molar-refractivity contribution in [2.75, 3.05) is 11.4 Å². The van der Waals surface area contributed by atoms with Crippen LogP contribution in [0.25, 0.3) is 16.7 Å². The summed E-state index contributed by atoms with van der Waals surface area (Å²) in [5.74, 6) is -0.198. The number of aromatic nitrogens is 4. The van der Waals surface area contributed by atoms with Crippen LogP contribution in [0, 0.1) is 11.6 Å². The summed E-state index contributed by atoms with van der Waals surface area (Å²) in [6.45, 7) is 0.701. The lowest BCUT2D eigenvalue weighted by atomic mass is 10.0.